The van der Waals surface area contributed by atoms with Crippen LogP contribution in [0.4, 0.5) is 11.4 Å². The second kappa shape index (κ2) is 5.71. The Bertz CT molecular complexity index is 788. The van der Waals surface area contributed by atoms with E-state index in [9.17, 15) is 18.5 Å². The van der Waals surface area contributed by atoms with Gasteiger partial charge in [-0.15, -0.1) is 0 Å². The van der Waals surface area contributed by atoms with E-state index in [4.69, 9.17) is 11.6 Å². The highest BCUT2D eigenvalue weighted by molar-refractivity contribution is 7.92. The minimum Gasteiger partial charge on any atom is -0.279 e. The molecular weight excluding hydrogens is 316 g/mol. The molecule has 110 valence electrons. The van der Waals surface area contributed by atoms with Gasteiger partial charge in [-0.2, -0.15) is 0 Å². The Morgan fingerprint density at radius 2 is 1.76 bits per heavy atom. The molecule has 0 unspecified atom stereocenters. The third kappa shape index (κ3) is 3.50. The predicted octanol–water partition coefficient (Wildman–Crippen LogP) is 3.36. The number of anilines is 1. The molecule has 0 saturated heterocycles. The highest BCUT2D eigenvalue weighted by atomic mass is 35.5. The fourth-order valence-corrected chi connectivity index (χ4v) is 2.87. The van der Waals surface area contributed by atoms with E-state index in [1.807, 2.05) is 0 Å². The zero-order valence-electron chi connectivity index (χ0n) is 10.9. The molecule has 0 aliphatic heterocycles. The van der Waals surface area contributed by atoms with Crippen molar-refractivity contribution in [1.82, 2.24) is 0 Å². The summed E-state index contributed by atoms with van der Waals surface area (Å²) in [5.74, 6) is 0. The summed E-state index contributed by atoms with van der Waals surface area (Å²) in [6.45, 7) is 1.58. The predicted molar refractivity (Wildman–Crippen MR) is 80.1 cm³/mol. The Morgan fingerprint density at radius 1 is 1.14 bits per heavy atom. The fraction of sp³-hybridized carbons (Fsp3) is 0.0769. The lowest BCUT2D eigenvalue weighted by atomic mass is 10.2. The molecule has 0 amide bonds. The molecule has 0 radical (unpaired) electrons. The Labute approximate surface area is 126 Å². The van der Waals surface area contributed by atoms with Crippen molar-refractivity contribution in [1.29, 1.82) is 0 Å². The molecule has 2 rings (SSSR count). The van der Waals surface area contributed by atoms with Gasteiger partial charge in [-0.3, -0.25) is 14.8 Å². The van der Waals surface area contributed by atoms with E-state index in [0.717, 1.165) is 0 Å². The lowest BCUT2D eigenvalue weighted by Gasteiger charge is -2.08. The van der Waals surface area contributed by atoms with Crippen LogP contribution >= 0.6 is 11.6 Å². The van der Waals surface area contributed by atoms with E-state index >= 15 is 0 Å². The monoisotopic (exact) mass is 326 g/mol. The maximum absolute atomic E-state index is 12.2. The molecule has 0 bridgehead atoms. The first-order chi connectivity index (χ1) is 9.79. The summed E-state index contributed by atoms with van der Waals surface area (Å²) in [6, 6.07) is 9.75. The molecule has 0 heterocycles. The second-order valence-electron chi connectivity index (χ2n) is 4.32. The van der Waals surface area contributed by atoms with Crippen LogP contribution in [-0.4, -0.2) is 13.3 Å². The third-order valence-electron chi connectivity index (χ3n) is 2.78. The first kappa shape index (κ1) is 15.3. The van der Waals surface area contributed by atoms with E-state index in [1.165, 1.54) is 42.5 Å². The van der Waals surface area contributed by atoms with Crippen molar-refractivity contribution in [2.24, 2.45) is 0 Å². The molecule has 0 spiro atoms. The Balaban J connectivity index is 2.35. The molecule has 21 heavy (non-hydrogen) atoms. The van der Waals surface area contributed by atoms with E-state index < -0.39 is 14.9 Å². The van der Waals surface area contributed by atoms with Crippen molar-refractivity contribution in [3.63, 3.8) is 0 Å². The van der Waals surface area contributed by atoms with Crippen molar-refractivity contribution in [2.45, 2.75) is 11.8 Å². The molecule has 1 N–H and O–H groups in total. The van der Waals surface area contributed by atoms with Crippen molar-refractivity contribution in [3.05, 3.63) is 63.2 Å². The van der Waals surface area contributed by atoms with Crippen molar-refractivity contribution < 1.29 is 13.3 Å². The first-order valence-electron chi connectivity index (χ1n) is 5.83. The molecule has 0 aliphatic rings. The summed E-state index contributed by atoms with van der Waals surface area (Å²) in [5.41, 5.74) is 0.433. The number of sulfonamides is 1. The quantitative estimate of drug-likeness (QED) is 0.689. The maximum atomic E-state index is 12.2. The third-order valence-corrected chi connectivity index (χ3v) is 4.43. The highest BCUT2D eigenvalue weighted by Gasteiger charge is 2.17. The number of nitrogens with one attached hydrogen (secondary N) is 1. The zero-order chi connectivity index (χ0) is 15.6. The molecule has 0 aliphatic carbocycles. The topological polar surface area (TPSA) is 89.3 Å². The molecule has 6 nitrogen and oxygen atoms in total. The minimum absolute atomic E-state index is 0.0233. The summed E-state index contributed by atoms with van der Waals surface area (Å²) in [4.78, 5) is 10.3. The number of nitro groups is 1. The average Bonchev–Trinajstić information content (AvgIpc) is 2.41. The van der Waals surface area contributed by atoms with Crippen LogP contribution in [0, 0.1) is 17.0 Å². The number of halogens is 1. The number of nitrogens with zero attached hydrogens (tertiary/aromatic N) is 1. The van der Waals surface area contributed by atoms with E-state index in [2.05, 4.69) is 4.72 Å². The van der Waals surface area contributed by atoms with E-state index in [-0.39, 0.29) is 16.3 Å². The van der Waals surface area contributed by atoms with Crippen LogP contribution in [0.25, 0.3) is 0 Å². The Kier molecular flexibility index (Phi) is 4.15. The number of nitro benzene ring substituents is 1. The van der Waals surface area contributed by atoms with Gasteiger partial charge in [-0.1, -0.05) is 17.7 Å². The summed E-state index contributed by atoms with van der Waals surface area (Å²) < 4.78 is 26.6. The van der Waals surface area contributed by atoms with E-state index in [1.54, 1.807) is 6.92 Å². The average molecular weight is 327 g/mol. The van der Waals surface area contributed by atoms with Gasteiger partial charge in [0.15, 0.2) is 0 Å². The standard InChI is InChI=1S/C13H11ClN2O4S/c1-9-2-5-11(8-13(9)16(17)18)15-21(19,20)12-6-3-10(14)4-7-12/h2-8,15H,1H3. The lowest BCUT2D eigenvalue weighted by Crippen LogP contribution is -2.13. The number of benzene rings is 2. The van der Waals surface area contributed by atoms with Gasteiger partial charge in [0, 0.05) is 16.7 Å². The van der Waals surface area contributed by atoms with Gasteiger partial charge in [-0.05, 0) is 37.3 Å². The van der Waals surface area contributed by atoms with Gasteiger partial charge in [0.05, 0.1) is 15.5 Å². The van der Waals surface area contributed by atoms with Gasteiger partial charge in [-0.25, -0.2) is 8.42 Å². The smallest absolute Gasteiger partial charge is 0.274 e. The minimum atomic E-state index is -3.82. The molecule has 0 fully saturated rings. The van der Waals surface area contributed by atoms with Gasteiger partial charge in [0.25, 0.3) is 15.7 Å². The fourth-order valence-electron chi connectivity index (χ4n) is 1.70. The van der Waals surface area contributed by atoms with Gasteiger partial charge in [0.2, 0.25) is 0 Å². The molecule has 0 aromatic heterocycles. The van der Waals surface area contributed by atoms with Crippen LogP contribution in [0.5, 0.6) is 0 Å². The summed E-state index contributed by atoms with van der Waals surface area (Å²) in [5, 5.41) is 11.3. The van der Waals surface area contributed by atoms with E-state index in [0.29, 0.717) is 10.6 Å². The summed E-state index contributed by atoms with van der Waals surface area (Å²) >= 11 is 5.70. The molecule has 2 aromatic carbocycles. The normalized spacial score (nSPS) is 11.1. The molecule has 0 atom stereocenters. The van der Waals surface area contributed by atoms with Gasteiger partial charge >= 0.3 is 0 Å². The summed E-state index contributed by atoms with van der Waals surface area (Å²) in [6.07, 6.45) is 0. The second-order valence-corrected chi connectivity index (χ2v) is 6.44. The number of aryl methyl sites for hydroxylation is 1. The molecule has 8 heteroatoms. The molecule has 0 saturated carbocycles. The summed E-state index contributed by atoms with van der Waals surface area (Å²) in [7, 11) is -3.82. The van der Waals surface area contributed by atoms with Gasteiger partial charge in [0.1, 0.15) is 0 Å². The zero-order valence-corrected chi connectivity index (χ0v) is 12.5. The Morgan fingerprint density at radius 3 is 2.33 bits per heavy atom. The number of hydrogen-bond acceptors (Lipinski definition) is 4. The number of rotatable bonds is 4. The lowest BCUT2D eigenvalue weighted by molar-refractivity contribution is -0.385. The van der Waals surface area contributed by atoms with Crippen molar-refractivity contribution in [2.75, 3.05) is 4.72 Å². The van der Waals surface area contributed by atoms with Crippen LogP contribution in [-0.2, 0) is 10.0 Å². The van der Waals surface area contributed by atoms with Crippen molar-refractivity contribution >= 4 is 33.0 Å². The number of hydrogen-bond donors (Lipinski definition) is 1. The first-order valence-corrected chi connectivity index (χ1v) is 7.69. The molecular formula is C13H11ClN2O4S. The SMILES string of the molecule is Cc1ccc(NS(=O)(=O)c2ccc(Cl)cc2)cc1[N+](=O)[O-]. The highest BCUT2D eigenvalue weighted by Crippen LogP contribution is 2.24. The van der Waals surface area contributed by atoms with Crippen LogP contribution in [0.3, 0.4) is 0 Å². The van der Waals surface area contributed by atoms with Crippen LogP contribution < -0.4 is 4.72 Å². The largest absolute Gasteiger partial charge is 0.279 e. The Hall–Kier alpha value is -2.12. The van der Waals surface area contributed by atoms with Gasteiger partial charge < -0.3 is 0 Å². The van der Waals surface area contributed by atoms with Crippen molar-refractivity contribution in [3.8, 4) is 0 Å². The molecule has 2 aromatic rings. The van der Waals surface area contributed by atoms with Crippen LogP contribution in [0.15, 0.2) is 47.4 Å². The van der Waals surface area contributed by atoms with Crippen LogP contribution in [0.2, 0.25) is 5.02 Å². The maximum Gasteiger partial charge on any atom is 0.274 e. The van der Waals surface area contributed by atoms with Crippen LogP contribution in [0.1, 0.15) is 5.56 Å².